The molecule has 0 saturated carbocycles. The van der Waals surface area contributed by atoms with Crippen molar-refractivity contribution >= 4 is 28.0 Å². The zero-order valence-electron chi connectivity index (χ0n) is 7.46. The quantitative estimate of drug-likeness (QED) is 0.763. The molecule has 14 heavy (non-hydrogen) atoms. The van der Waals surface area contributed by atoms with Crippen LogP contribution in [0, 0.1) is 5.82 Å². The molecule has 1 aromatic rings. The van der Waals surface area contributed by atoms with Crippen LogP contribution in [0.15, 0.2) is 23.2 Å². The fraction of sp³-hybridized carbons (Fsp3) is 0.100. The van der Waals surface area contributed by atoms with E-state index in [9.17, 15) is 9.18 Å². The van der Waals surface area contributed by atoms with E-state index >= 15 is 0 Å². The molecule has 0 radical (unpaired) electrons. The second-order valence-electron chi connectivity index (χ2n) is 2.49. The summed E-state index contributed by atoms with van der Waals surface area (Å²) in [6, 6.07) is 4.26. The molecule has 0 bridgehead atoms. The van der Waals surface area contributed by atoms with E-state index < -0.39 is 11.8 Å². The van der Waals surface area contributed by atoms with E-state index in [4.69, 9.17) is 0 Å². The van der Waals surface area contributed by atoms with E-state index in [0.717, 1.165) is 0 Å². The van der Waals surface area contributed by atoms with E-state index in [-0.39, 0.29) is 11.1 Å². The number of hydrogen-bond donors (Lipinski definition) is 0. The summed E-state index contributed by atoms with van der Waals surface area (Å²) in [7, 11) is 1.26. The SMILES string of the molecule is COC(=O)c1cccc(F)c1/C=C/Br. The fourth-order valence-corrected chi connectivity index (χ4v) is 1.32. The van der Waals surface area contributed by atoms with Crippen LogP contribution in [0.2, 0.25) is 0 Å². The maximum absolute atomic E-state index is 13.3. The Morgan fingerprint density at radius 3 is 2.86 bits per heavy atom. The van der Waals surface area contributed by atoms with Crippen LogP contribution in [0.25, 0.3) is 6.08 Å². The lowest BCUT2D eigenvalue weighted by Gasteiger charge is -2.04. The molecule has 2 nitrogen and oxygen atoms in total. The van der Waals surface area contributed by atoms with Gasteiger partial charge in [0, 0.05) is 5.56 Å². The van der Waals surface area contributed by atoms with Crippen LogP contribution in [0.1, 0.15) is 15.9 Å². The summed E-state index contributed by atoms with van der Waals surface area (Å²) < 4.78 is 17.8. The maximum Gasteiger partial charge on any atom is 0.338 e. The first kappa shape index (κ1) is 10.9. The number of hydrogen-bond acceptors (Lipinski definition) is 2. The van der Waals surface area contributed by atoms with Crippen LogP contribution < -0.4 is 0 Å². The van der Waals surface area contributed by atoms with Gasteiger partial charge in [0.1, 0.15) is 5.82 Å². The first-order valence-electron chi connectivity index (χ1n) is 3.84. The van der Waals surface area contributed by atoms with E-state index in [1.165, 1.54) is 36.4 Å². The van der Waals surface area contributed by atoms with Crippen molar-refractivity contribution in [1.29, 1.82) is 0 Å². The molecule has 0 aliphatic heterocycles. The van der Waals surface area contributed by atoms with Gasteiger partial charge in [0.2, 0.25) is 0 Å². The van der Waals surface area contributed by atoms with Crippen LogP contribution in [-0.4, -0.2) is 13.1 Å². The predicted octanol–water partition coefficient (Wildman–Crippen LogP) is 2.98. The van der Waals surface area contributed by atoms with Crippen molar-refractivity contribution in [3.63, 3.8) is 0 Å². The van der Waals surface area contributed by atoms with Crippen molar-refractivity contribution in [3.8, 4) is 0 Å². The Labute approximate surface area is 89.5 Å². The summed E-state index contributed by atoms with van der Waals surface area (Å²) >= 11 is 3.03. The third-order valence-electron chi connectivity index (χ3n) is 1.69. The van der Waals surface area contributed by atoms with Gasteiger partial charge in [0.15, 0.2) is 0 Å². The Kier molecular flexibility index (Phi) is 3.83. The lowest BCUT2D eigenvalue weighted by atomic mass is 10.1. The lowest BCUT2D eigenvalue weighted by Crippen LogP contribution is -2.04. The predicted molar refractivity (Wildman–Crippen MR) is 55.7 cm³/mol. The first-order valence-corrected chi connectivity index (χ1v) is 4.76. The Hall–Kier alpha value is -1.16. The van der Waals surface area contributed by atoms with E-state index in [2.05, 4.69) is 20.7 Å². The molecule has 1 rings (SSSR count). The Morgan fingerprint density at radius 1 is 1.57 bits per heavy atom. The number of carbonyl (C=O) groups is 1. The van der Waals surface area contributed by atoms with Crippen molar-refractivity contribution in [2.45, 2.75) is 0 Å². The molecule has 1 aromatic carbocycles. The summed E-state index contributed by atoms with van der Waals surface area (Å²) in [5.41, 5.74) is 0.430. The number of halogens is 2. The largest absolute Gasteiger partial charge is 0.465 e. The number of ether oxygens (including phenoxy) is 1. The molecule has 0 atom stereocenters. The normalized spacial score (nSPS) is 10.5. The lowest BCUT2D eigenvalue weighted by molar-refractivity contribution is 0.0600. The molecular weight excluding hydrogens is 251 g/mol. The highest BCUT2D eigenvalue weighted by Crippen LogP contribution is 2.16. The van der Waals surface area contributed by atoms with Crippen molar-refractivity contribution in [2.75, 3.05) is 7.11 Å². The van der Waals surface area contributed by atoms with Gasteiger partial charge in [-0.15, -0.1) is 0 Å². The minimum Gasteiger partial charge on any atom is -0.465 e. The van der Waals surface area contributed by atoms with Crippen molar-refractivity contribution < 1.29 is 13.9 Å². The van der Waals surface area contributed by atoms with E-state index in [1.54, 1.807) is 0 Å². The zero-order chi connectivity index (χ0) is 10.6. The Bertz CT molecular complexity index is 374. The first-order chi connectivity index (χ1) is 6.70. The Balaban J connectivity index is 3.27. The van der Waals surface area contributed by atoms with Gasteiger partial charge >= 0.3 is 5.97 Å². The smallest absolute Gasteiger partial charge is 0.338 e. The molecule has 4 heteroatoms. The van der Waals surface area contributed by atoms with Gasteiger partial charge in [-0.05, 0) is 23.2 Å². The minimum atomic E-state index is -0.551. The highest BCUT2D eigenvalue weighted by atomic mass is 79.9. The van der Waals surface area contributed by atoms with Gasteiger partial charge in [-0.3, -0.25) is 0 Å². The van der Waals surface area contributed by atoms with Crippen LogP contribution >= 0.6 is 15.9 Å². The van der Waals surface area contributed by atoms with Crippen LogP contribution in [-0.2, 0) is 4.74 Å². The topological polar surface area (TPSA) is 26.3 Å². The van der Waals surface area contributed by atoms with Gasteiger partial charge in [0.25, 0.3) is 0 Å². The minimum absolute atomic E-state index is 0.211. The summed E-state index contributed by atoms with van der Waals surface area (Å²) in [5, 5.41) is 0. The average Bonchev–Trinajstić information content (AvgIpc) is 2.20. The molecule has 0 fully saturated rings. The monoisotopic (exact) mass is 258 g/mol. The molecule has 0 aliphatic carbocycles. The van der Waals surface area contributed by atoms with Gasteiger partial charge in [-0.1, -0.05) is 22.0 Å². The zero-order valence-corrected chi connectivity index (χ0v) is 9.05. The summed E-state index contributed by atoms with van der Waals surface area (Å²) in [6.45, 7) is 0. The molecule has 0 aromatic heterocycles. The van der Waals surface area contributed by atoms with Gasteiger partial charge < -0.3 is 4.74 Å². The molecule has 0 aliphatic rings. The van der Waals surface area contributed by atoms with Crippen molar-refractivity contribution in [2.24, 2.45) is 0 Å². The number of carbonyl (C=O) groups excluding carboxylic acids is 1. The van der Waals surface area contributed by atoms with Gasteiger partial charge in [-0.25, -0.2) is 9.18 Å². The summed E-state index contributed by atoms with van der Waals surface area (Å²) in [4.78, 5) is 12.7. The van der Waals surface area contributed by atoms with Crippen LogP contribution in [0.5, 0.6) is 0 Å². The van der Waals surface area contributed by atoms with Gasteiger partial charge in [0.05, 0.1) is 12.7 Å². The van der Waals surface area contributed by atoms with Crippen LogP contribution in [0.4, 0.5) is 4.39 Å². The third kappa shape index (κ3) is 2.20. The average molecular weight is 259 g/mol. The molecule has 74 valence electrons. The third-order valence-corrected chi connectivity index (χ3v) is 1.95. The Morgan fingerprint density at radius 2 is 2.29 bits per heavy atom. The second-order valence-corrected chi connectivity index (χ2v) is 3.01. The van der Waals surface area contributed by atoms with Gasteiger partial charge in [-0.2, -0.15) is 0 Å². The standard InChI is InChI=1S/C10H8BrFO2/c1-14-10(13)8-3-2-4-9(12)7(8)5-6-11/h2-6H,1H3/b6-5+. The van der Waals surface area contributed by atoms with E-state index in [1.807, 2.05) is 0 Å². The van der Waals surface area contributed by atoms with Crippen molar-refractivity contribution in [3.05, 3.63) is 40.1 Å². The molecule has 0 N–H and O–H groups in total. The highest BCUT2D eigenvalue weighted by molar-refractivity contribution is 9.11. The molecule has 0 spiro atoms. The van der Waals surface area contributed by atoms with E-state index in [0.29, 0.717) is 0 Å². The molecule has 0 amide bonds. The molecular formula is C10H8BrFO2. The number of methoxy groups -OCH3 is 1. The van der Waals surface area contributed by atoms with Crippen molar-refractivity contribution in [1.82, 2.24) is 0 Å². The number of rotatable bonds is 2. The molecule has 0 unspecified atom stereocenters. The fourth-order valence-electron chi connectivity index (χ4n) is 1.06. The number of benzene rings is 1. The summed E-state index contributed by atoms with van der Waals surface area (Å²) in [5.74, 6) is -1.01. The summed E-state index contributed by atoms with van der Waals surface area (Å²) in [6.07, 6.45) is 1.46. The second kappa shape index (κ2) is 4.91. The van der Waals surface area contributed by atoms with Crippen LogP contribution in [0.3, 0.4) is 0 Å². The molecule has 0 saturated heterocycles. The molecule has 0 heterocycles. The highest BCUT2D eigenvalue weighted by Gasteiger charge is 2.12. The number of esters is 1. The maximum atomic E-state index is 13.3.